The Hall–Kier alpha value is -5.60. The lowest BCUT2D eigenvalue weighted by Crippen LogP contribution is -2.64. The van der Waals surface area contributed by atoms with Gasteiger partial charge < -0.3 is 98.5 Å². The summed E-state index contributed by atoms with van der Waals surface area (Å²) in [4.78, 5) is 27.4. The molecule has 0 radical (unpaired) electrons. The molecule has 4 heterocycles. The SMILES string of the molecule is COc1cc(-c2oc3cc(O[C@@H]4OC(C)[C@H](O)C(O)[C@@H]4O)cc(O)c3c(=O)c2O[C@@H]2OC(COC(=O)/C=C/c3ccc(O)cc3)[C@@H](O)C(O)[C@@H]2O[C@@H]2OC(C)[C@H](O)C(O)[C@@H]2O)ccc1O. The lowest BCUT2D eigenvalue weighted by molar-refractivity contribution is -0.354. The minimum absolute atomic E-state index is 0.00258. The number of phenolic OH excluding ortho intramolecular Hbond substituents is 3. The second-order valence-corrected chi connectivity index (χ2v) is 15.6. The third-order valence-corrected chi connectivity index (χ3v) is 11.1. The molecule has 7 rings (SSSR count). The number of carbonyl (C=O) groups excluding carboxylic acids is 1. The highest BCUT2D eigenvalue weighted by Crippen LogP contribution is 2.41. The number of carbonyl (C=O) groups is 1. The predicted octanol–water partition coefficient (Wildman–Crippen LogP) is -0.913. The van der Waals surface area contributed by atoms with Gasteiger partial charge in [-0.3, -0.25) is 4.79 Å². The van der Waals surface area contributed by atoms with Gasteiger partial charge in [0.2, 0.25) is 23.8 Å². The minimum atomic E-state index is -2.06. The summed E-state index contributed by atoms with van der Waals surface area (Å²) in [7, 11) is 1.24. The van der Waals surface area contributed by atoms with Gasteiger partial charge in [0.05, 0.1) is 19.3 Å². The van der Waals surface area contributed by atoms with Crippen LogP contribution in [0.25, 0.3) is 28.4 Å². The van der Waals surface area contributed by atoms with Gasteiger partial charge in [-0.2, -0.15) is 0 Å². The Labute approximate surface area is 367 Å². The summed E-state index contributed by atoms with van der Waals surface area (Å²) in [6.45, 7) is 2.04. The van der Waals surface area contributed by atoms with Crippen LogP contribution in [0.15, 0.2) is 69.9 Å². The second kappa shape index (κ2) is 19.5. The summed E-state index contributed by atoms with van der Waals surface area (Å²) in [5.41, 5.74) is -0.954. The molecular formula is C43H48O22. The number of aliphatic hydroxyl groups excluding tert-OH is 8. The van der Waals surface area contributed by atoms with E-state index in [2.05, 4.69) is 0 Å². The van der Waals surface area contributed by atoms with Gasteiger partial charge in [0, 0.05) is 23.8 Å². The van der Waals surface area contributed by atoms with Gasteiger partial charge in [0.25, 0.3) is 0 Å². The standard InChI is InChI=1S/C43H48O22/c1-16-29(48)33(52)36(55)41(59-16)61-21-13-23(46)28-25(14-21)62-38(19-7-10-22(45)24(12-19)57-3)39(32(28)51)64-43-40(65-42-37(56)34(53)30(49)17(2)60-42)35(54)31(50)26(63-43)15-58-27(47)11-6-18-4-8-20(44)9-5-18/h4-14,16-17,26,29-31,33-37,40-46,48-50,52-56H,15H2,1-3H3/b11-6+/t16?,17?,26?,29-,30-,31+,33?,34?,35?,36-,37-,40-,41-,42-,43-/m0/s1. The number of aliphatic hydroxyl groups is 8. The van der Waals surface area contributed by atoms with Crippen LogP contribution in [0.5, 0.6) is 34.5 Å². The highest BCUT2D eigenvalue weighted by atomic mass is 16.8. The molecule has 0 bridgehead atoms. The van der Waals surface area contributed by atoms with Crippen LogP contribution in [0.2, 0.25) is 0 Å². The van der Waals surface area contributed by atoms with Crippen LogP contribution in [0, 0.1) is 0 Å². The summed E-state index contributed by atoms with van der Waals surface area (Å²) in [5, 5.41) is 116. The Balaban J connectivity index is 1.27. The molecular weight excluding hydrogens is 868 g/mol. The summed E-state index contributed by atoms with van der Waals surface area (Å²) < 4.78 is 51.6. The van der Waals surface area contributed by atoms with Crippen molar-refractivity contribution in [2.75, 3.05) is 13.7 Å². The van der Waals surface area contributed by atoms with Gasteiger partial charge in [0.1, 0.15) is 89.8 Å². The summed E-state index contributed by atoms with van der Waals surface area (Å²) >= 11 is 0. The van der Waals surface area contributed by atoms with Gasteiger partial charge in [-0.25, -0.2) is 4.79 Å². The molecule has 11 N–H and O–H groups in total. The molecule has 15 atom stereocenters. The van der Waals surface area contributed by atoms with Crippen LogP contribution in [0.3, 0.4) is 0 Å². The normalized spacial score (nSPS) is 32.9. The zero-order valence-electron chi connectivity index (χ0n) is 34.6. The van der Waals surface area contributed by atoms with Gasteiger partial charge in [-0.1, -0.05) is 12.1 Å². The molecule has 3 aliphatic rings. The predicted molar refractivity (Wildman–Crippen MR) is 217 cm³/mol. The van der Waals surface area contributed by atoms with E-state index < -0.39 is 133 Å². The maximum atomic E-state index is 14.6. The number of benzene rings is 3. The second-order valence-electron chi connectivity index (χ2n) is 15.6. The molecule has 0 spiro atoms. The summed E-state index contributed by atoms with van der Waals surface area (Å²) in [5.74, 6) is -3.58. The van der Waals surface area contributed by atoms with Crippen molar-refractivity contribution in [3.63, 3.8) is 0 Å². The van der Waals surface area contributed by atoms with Crippen LogP contribution in [-0.2, 0) is 28.5 Å². The number of phenols is 3. The van der Waals surface area contributed by atoms with Crippen molar-refractivity contribution in [3.8, 4) is 45.8 Å². The fourth-order valence-electron chi connectivity index (χ4n) is 7.33. The van der Waals surface area contributed by atoms with Gasteiger partial charge in [0.15, 0.2) is 29.7 Å². The van der Waals surface area contributed by atoms with Crippen molar-refractivity contribution in [1.82, 2.24) is 0 Å². The molecule has 3 fully saturated rings. The quantitative estimate of drug-likeness (QED) is 0.0605. The van der Waals surface area contributed by atoms with Crippen LogP contribution in [-0.4, -0.2) is 168 Å². The van der Waals surface area contributed by atoms with E-state index in [4.69, 9.17) is 42.3 Å². The molecule has 3 aliphatic heterocycles. The van der Waals surface area contributed by atoms with E-state index in [-0.39, 0.29) is 34.1 Å². The minimum Gasteiger partial charge on any atom is -0.508 e. The van der Waals surface area contributed by atoms with Crippen molar-refractivity contribution in [3.05, 3.63) is 76.5 Å². The number of fused-ring (bicyclic) bond motifs is 1. The van der Waals surface area contributed by atoms with Crippen LogP contribution >= 0.6 is 0 Å². The molecule has 0 aliphatic carbocycles. The molecule has 22 nitrogen and oxygen atoms in total. The fourth-order valence-corrected chi connectivity index (χ4v) is 7.33. The lowest BCUT2D eigenvalue weighted by Gasteiger charge is -2.45. The average molecular weight is 917 g/mol. The number of esters is 1. The Bertz CT molecular complexity index is 2400. The zero-order valence-corrected chi connectivity index (χ0v) is 34.6. The fraction of sp³-hybridized carbons (Fsp3) is 0.442. The van der Waals surface area contributed by atoms with Crippen molar-refractivity contribution >= 4 is 23.0 Å². The molecule has 3 aromatic carbocycles. The number of rotatable bonds is 12. The van der Waals surface area contributed by atoms with E-state index in [1.807, 2.05) is 0 Å². The van der Waals surface area contributed by atoms with Crippen molar-refractivity contribution in [2.24, 2.45) is 0 Å². The Morgan fingerprint density at radius 3 is 2.00 bits per heavy atom. The molecule has 65 heavy (non-hydrogen) atoms. The molecule has 0 amide bonds. The third kappa shape index (κ3) is 9.84. The molecule has 6 unspecified atom stereocenters. The van der Waals surface area contributed by atoms with E-state index >= 15 is 0 Å². The van der Waals surface area contributed by atoms with Gasteiger partial charge in [-0.15, -0.1) is 0 Å². The molecule has 22 heteroatoms. The lowest BCUT2D eigenvalue weighted by atomic mass is 9.97. The molecule has 352 valence electrons. The number of aromatic hydroxyl groups is 3. The van der Waals surface area contributed by atoms with E-state index in [0.29, 0.717) is 5.56 Å². The molecule has 0 saturated carbocycles. The van der Waals surface area contributed by atoms with E-state index in [1.165, 1.54) is 69.5 Å². The zero-order chi connectivity index (χ0) is 47.0. The highest BCUT2D eigenvalue weighted by Gasteiger charge is 2.52. The maximum Gasteiger partial charge on any atom is 0.330 e. The van der Waals surface area contributed by atoms with Crippen LogP contribution < -0.4 is 19.6 Å². The van der Waals surface area contributed by atoms with Crippen molar-refractivity contribution in [2.45, 2.75) is 106 Å². The number of ether oxygens (including phenoxy) is 8. The van der Waals surface area contributed by atoms with Gasteiger partial charge >= 0.3 is 5.97 Å². The molecule has 1 aromatic heterocycles. The van der Waals surface area contributed by atoms with E-state index in [9.17, 15) is 65.8 Å². The van der Waals surface area contributed by atoms with Crippen LogP contribution in [0.1, 0.15) is 19.4 Å². The Kier molecular flexibility index (Phi) is 14.2. The van der Waals surface area contributed by atoms with Crippen molar-refractivity contribution < 1.29 is 103 Å². The smallest absolute Gasteiger partial charge is 0.330 e. The first kappa shape index (κ1) is 47.4. The molecule has 4 aromatic rings. The first-order valence-corrected chi connectivity index (χ1v) is 20.1. The first-order valence-electron chi connectivity index (χ1n) is 20.1. The Morgan fingerprint density at radius 2 is 1.34 bits per heavy atom. The molecule has 3 saturated heterocycles. The Morgan fingerprint density at radius 1 is 0.692 bits per heavy atom. The van der Waals surface area contributed by atoms with Crippen LogP contribution in [0.4, 0.5) is 0 Å². The maximum absolute atomic E-state index is 14.6. The van der Waals surface area contributed by atoms with E-state index in [1.54, 1.807) is 0 Å². The number of hydrogen-bond acceptors (Lipinski definition) is 22. The third-order valence-electron chi connectivity index (χ3n) is 11.1. The highest BCUT2D eigenvalue weighted by molar-refractivity contribution is 5.89. The number of methoxy groups -OCH3 is 1. The average Bonchev–Trinajstić information content (AvgIpc) is 3.28. The van der Waals surface area contributed by atoms with E-state index in [0.717, 1.165) is 18.2 Å². The summed E-state index contributed by atoms with van der Waals surface area (Å²) in [6, 6.07) is 11.6. The number of hydrogen-bond donors (Lipinski definition) is 11. The van der Waals surface area contributed by atoms with Gasteiger partial charge in [-0.05, 0) is 55.8 Å². The monoisotopic (exact) mass is 916 g/mol. The first-order chi connectivity index (χ1) is 30.9. The largest absolute Gasteiger partial charge is 0.508 e. The summed E-state index contributed by atoms with van der Waals surface area (Å²) in [6.07, 6.45) is -22.9. The van der Waals surface area contributed by atoms with Crippen molar-refractivity contribution in [1.29, 1.82) is 0 Å². The topological polar surface area (TPSA) is 344 Å².